The molecule has 0 aliphatic carbocycles. The Labute approximate surface area is 149 Å². The summed E-state index contributed by atoms with van der Waals surface area (Å²) in [6.07, 6.45) is 4.51. The SMILES string of the molecule is CCc1cnc2c(c1SCC(=O)N1CCCC1)c(=O)n(C)c(=O)n2C. The molecule has 1 aliphatic rings. The quantitative estimate of drug-likeness (QED) is 0.756. The second-order valence-electron chi connectivity index (χ2n) is 6.25. The molecule has 0 unspecified atom stereocenters. The molecule has 1 amide bonds. The number of nitrogens with zero attached hydrogens (tertiary/aromatic N) is 4. The van der Waals surface area contributed by atoms with Gasteiger partial charge in [-0.15, -0.1) is 11.8 Å². The van der Waals surface area contributed by atoms with Crippen molar-refractivity contribution in [2.75, 3.05) is 18.8 Å². The molecule has 0 saturated carbocycles. The van der Waals surface area contributed by atoms with E-state index in [1.165, 1.54) is 23.4 Å². The summed E-state index contributed by atoms with van der Waals surface area (Å²) in [5.74, 6) is 0.383. The van der Waals surface area contributed by atoms with E-state index in [1.807, 2.05) is 11.8 Å². The maximum atomic E-state index is 12.7. The highest BCUT2D eigenvalue weighted by atomic mass is 32.2. The zero-order chi connectivity index (χ0) is 18.1. The molecule has 2 aromatic rings. The van der Waals surface area contributed by atoms with E-state index >= 15 is 0 Å². The van der Waals surface area contributed by atoms with Crippen LogP contribution in [0.5, 0.6) is 0 Å². The Morgan fingerprint density at radius 3 is 2.52 bits per heavy atom. The average molecular weight is 362 g/mol. The van der Waals surface area contributed by atoms with Crippen molar-refractivity contribution in [3.63, 3.8) is 0 Å². The van der Waals surface area contributed by atoms with Crippen LogP contribution >= 0.6 is 11.8 Å². The van der Waals surface area contributed by atoms with Crippen LogP contribution in [0.15, 0.2) is 20.7 Å². The Morgan fingerprint density at radius 2 is 1.88 bits per heavy atom. The summed E-state index contributed by atoms with van der Waals surface area (Å²) in [6.45, 7) is 3.61. The molecular formula is C17H22N4O3S. The van der Waals surface area contributed by atoms with Crippen LogP contribution in [0.1, 0.15) is 25.3 Å². The van der Waals surface area contributed by atoms with Crippen LogP contribution in [-0.4, -0.2) is 43.8 Å². The van der Waals surface area contributed by atoms with Crippen LogP contribution in [0.25, 0.3) is 11.0 Å². The summed E-state index contributed by atoms with van der Waals surface area (Å²) in [5.41, 5.74) is 0.513. The summed E-state index contributed by atoms with van der Waals surface area (Å²) < 4.78 is 2.47. The highest BCUT2D eigenvalue weighted by Crippen LogP contribution is 2.29. The Hall–Kier alpha value is -2.09. The van der Waals surface area contributed by atoms with E-state index in [0.29, 0.717) is 17.5 Å². The highest BCUT2D eigenvalue weighted by molar-refractivity contribution is 8.00. The summed E-state index contributed by atoms with van der Waals surface area (Å²) in [6, 6.07) is 0. The number of aromatic nitrogens is 3. The lowest BCUT2D eigenvalue weighted by Gasteiger charge is -2.17. The van der Waals surface area contributed by atoms with E-state index in [9.17, 15) is 14.4 Å². The highest BCUT2D eigenvalue weighted by Gasteiger charge is 2.21. The van der Waals surface area contributed by atoms with Gasteiger partial charge < -0.3 is 4.90 Å². The number of thioether (sulfide) groups is 1. The standard InChI is InChI=1S/C17H22N4O3S/c1-4-11-9-18-15-13(16(23)20(3)17(24)19(15)2)14(11)25-10-12(22)21-7-5-6-8-21/h9H,4-8,10H2,1-3H3. The van der Waals surface area contributed by atoms with Crippen molar-refractivity contribution in [1.82, 2.24) is 19.0 Å². The smallest absolute Gasteiger partial charge is 0.332 e. The van der Waals surface area contributed by atoms with Gasteiger partial charge in [0.25, 0.3) is 5.56 Å². The minimum atomic E-state index is -0.404. The number of amides is 1. The number of carbonyl (C=O) groups is 1. The minimum Gasteiger partial charge on any atom is -0.342 e. The molecule has 0 radical (unpaired) electrons. The van der Waals surface area contributed by atoms with E-state index in [2.05, 4.69) is 4.98 Å². The number of likely N-dealkylation sites (tertiary alicyclic amines) is 1. The van der Waals surface area contributed by atoms with Crippen molar-refractivity contribution in [2.45, 2.75) is 31.1 Å². The summed E-state index contributed by atoms with van der Waals surface area (Å²) in [7, 11) is 3.07. The van der Waals surface area contributed by atoms with E-state index in [1.54, 1.807) is 13.2 Å². The lowest BCUT2D eigenvalue weighted by Crippen LogP contribution is -2.37. The van der Waals surface area contributed by atoms with E-state index in [-0.39, 0.29) is 17.2 Å². The van der Waals surface area contributed by atoms with Crippen LogP contribution in [0.3, 0.4) is 0 Å². The van der Waals surface area contributed by atoms with Gasteiger partial charge in [-0.2, -0.15) is 0 Å². The van der Waals surface area contributed by atoms with Gasteiger partial charge in [0.15, 0.2) is 0 Å². The lowest BCUT2D eigenvalue weighted by atomic mass is 10.2. The van der Waals surface area contributed by atoms with E-state index in [0.717, 1.165) is 41.0 Å². The Balaban J connectivity index is 2.07. The van der Waals surface area contributed by atoms with Gasteiger partial charge in [-0.1, -0.05) is 6.92 Å². The number of pyridine rings is 1. The molecule has 0 aromatic carbocycles. The fourth-order valence-electron chi connectivity index (χ4n) is 3.15. The maximum absolute atomic E-state index is 12.7. The molecule has 1 fully saturated rings. The molecule has 0 N–H and O–H groups in total. The molecule has 3 rings (SSSR count). The number of hydrogen-bond donors (Lipinski definition) is 0. The topological polar surface area (TPSA) is 77.2 Å². The van der Waals surface area contributed by atoms with Gasteiger partial charge in [-0.05, 0) is 24.8 Å². The van der Waals surface area contributed by atoms with Crippen molar-refractivity contribution in [1.29, 1.82) is 0 Å². The molecule has 134 valence electrons. The Kier molecular flexibility index (Phi) is 4.99. The van der Waals surface area contributed by atoms with Gasteiger partial charge in [-0.25, -0.2) is 9.78 Å². The monoisotopic (exact) mass is 362 g/mol. The second kappa shape index (κ2) is 7.03. The van der Waals surface area contributed by atoms with Crippen molar-refractivity contribution >= 4 is 28.7 Å². The average Bonchev–Trinajstić information content (AvgIpc) is 3.16. The first kappa shape index (κ1) is 17.7. The zero-order valence-electron chi connectivity index (χ0n) is 14.7. The van der Waals surface area contributed by atoms with Gasteiger partial charge >= 0.3 is 5.69 Å². The molecule has 2 aromatic heterocycles. The third kappa shape index (κ3) is 3.10. The molecule has 0 spiro atoms. The molecule has 0 bridgehead atoms. The first-order valence-corrected chi connectivity index (χ1v) is 9.42. The largest absolute Gasteiger partial charge is 0.342 e. The lowest BCUT2D eigenvalue weighted by molar-refractivity contribution is -0.127. The fraction of sp³-hybridized carbons (Fsp3) is 0.529. The van der Waals surface area contributed by atoms with Crippen molar-refractivity contribution in [3.8, 4) is 0 Å². The van der Waals surface area contributed by atoms with Gasteiger partial charge in [0.05, 0.1) is 11.1 Å². The van der Waals surface area contributed by atoms with Crippen molar-refractivity contribution in [3.05, 3.63) is 32.6 Å². The Bertz CT molecular complexity index is 942. The van der Waals surface area contributed by atoms with Gasteiger partial charge in [0.1, 0.15) is 5.65 Å². The van der Waals surface area contributed by atoms with Crippen LogP contribution in [0.4, 0.5) is 0 Å². The number of aryl methyl sites for hydroxylation is 2. The molecule has 8 heteroatoms. The third-order valence-electron chi connectivity index (χ3n) is 4.67. The second-order valence-corrected chi connectivity index (χ2v) is 7.23. The summed E-state index contributed by atoms with van der Waals surface area (Å²) in [5, 5.41) is 0.420. The van der Waals surface area contributed by atoms with Crippen LogP contribution in [0.2, 0.25) is 0 Å². The van der Waals surface area contributed by atoms with Crippen LogP contribution in [0, 0.1) is 0 Å². The molecule has 25 heavy (non-hydrogen) atoms. The molecular weight excluding hydrogens is 340 g/mol. The van der Waals surface area contributed by atoms with Crippen LogP contribution in [-0.2, 0) is 25.3 Å². The van der Waals surface area contributed by atoms with Crippen molar-refractivity contribution in [2.24, 2.45) is 14.1 Å². The number of carbonyl (C=O) groups excluding carboxylic acids is 1. The minimum absolute atomic E-state index is 0.0937. The number of hydrogen-bond acceptors (Lipinski definition) is 5. The molecule has 1 aliphatic heterocycles. The maximum Gasteiger partial charge on any atom is 0.332 e. The first-order chi connectivity index (χ1) is 12.0. The number of rotatable bonds is 4. The molecule has 3 heterocycles. The van der Waals surface area contributed by atoms with Gasteiger partial charge in [0.2, 0.25) is 5.91 Å². The van der Waals surface area contributed by atoms with Crippen LogP contribution < -0.4 is 11.2 Å². The summed E-state index contributed by atoms with van der Waals surface area (Å²) in [4.78, 5) is 44.1. The zero-order valence-corrected chi connectivity index (χ0v) is 15.6. The fourth-order valence-corrected chi connectivity index (χ4v) is 4.31. The first-order valence-electron chi connectivity index (χ1n) is 8.43. The molecule has 1 saturated heterocycles. The van der Waals surface area contributed by atoms with E-state index < -0.39 is 5.69 Å². The molecule has 7 nitrogen and oxygen atoms in total. The Morgan fingerprint density at radius 1 is 1.20 bits per heavy atom. The molecule has 0 atom stereocenters. The van der Waals surface area contributed by atoms with Crippen molar-refractivity contribution < 1.29 is 4.79 Å². The van der Waals surface area contributed by atoms with Gasteiger partial charge in [0, 0.05) is 38.3 Å². The summed E-state index contributed by atoms with van der Waals surface area (Å²) >= 11 is 1.37. The predicted octanol–water partition coefficient (Wildman–Crippen LogP) is 0.909. The predicted molar refractivity (Wildman–Crippen MR) is 98.1 cm³/mol. The normalized spacial score (nSPS) is 14.4. The number of fused-ring (bicyclic) bond motifs is 1. The van der Waals surface area contributed by atoms with E-state index in [4.69, 9.17) is 0 Å². The van der Waals surface area contributed by atoms with Gasteiger partial charge in [-0.3, -0.25) is 18.7 Å². The third-order valence-corrected chi connectivity index (χ3v) is 5.82.